The zero-order valence-electron chi connectivity index (χ0n) is 10.2. The van der Waals surface area contributed by atoms with Gasteiger partial charge in [-0.05, 0) is 13.8 Å². The Morgan fingerprint density at radius 1 is 0.875 bits per heavy atom. The number of aliphatic hydroxyl groups is 5. The van der Waals surface area contributed by atoms with E-state index in [9.17, 15) is 0 Å². The summed E-state index contributed by atoms with van der Waals surface area (Å²) in [6.45, 7) is 9.52. The van der Waals surface area contributed by atoms with Crippen molar-refractivity contribution in [2.24, 2.45) is 0 Å². The molecule has 0 unspecified atom stereocenters. The van der Waals surface area contributed by atoms with Crippen LogP contribution in [0, 0.1) is 0 Å². The Kier molecular flexibility index (Phi) is 56.2. The summed E-state index contributed by atoms with van der Waals surface area (Å²) >= 11 is 0. The Bertz CT molecular complexity index is 94.5. The van der Waals surface area contributed by atoms with Crippen LogP contribution >= 0.6 is 0 Å². The van der Waals surface area contributed by atoms with Gasteiger partial charge in [0.1, 0.15) is 6.10 Å². The minimum atomic E-state index is -0.954. The SMILES string of the molecule is C=CC.C=CC.OCC(O)CO.OCCO. The molecule has 0 aromatic heterocycles. The van der Waals surface area contributed by atoms with E-state index in [4.69, 9.17) is 25.5 Å². The zero-order chi connectivity index (χ0) is 13.8. The normalized spacial score (nSPS) is 7.25. The van der Waals surface area contributed by atoms with Crippen molar-refractivity contribution in [3.8, 4) is 0 Å². The highest BCUT2D eigenvalue weighted by Crippen LogP contribution is 1.71. The van der Waals surface area contributed by atoms with Crippen molar-refractivity contribution in [3.63, 3.8) is 0 Å². The molecule has 0 bridgehead atoms. The lowest BCUT2D eigenvalue weighted by Crippen LogP contribution is -2.15. The van der Waals surface area contributed by atoms with Crippen molar-refractivity contribution >= 4 is 0 Å². The van der Waals surface area contributed by atoms with Gasteiger partial charge in [-0.1, -0.05) is 12.2 Å². The van der Waals surface area contributed by atoms with E-state index in [0.717, 1.165) is 0 Å². The van der Waals surface area contributed by atoms with E-state index in [1.165, 1.54) is 0 Å². The predicted octanol–water partition coefficient (Wildman–Crippen LogP) is -0.312. The molecule has 5 nitrogen and oxygen atoms in total. The van der Waals surface area contributed by atoms with E-state index in [-0.39, 0.29) is 26.4 Å². The second-order valence-corrected chi connectivity index (χ2v) is 2.28. The zero-order valence-corrected chi connectivity index (χ0v) is 10.2. The molecule has 0 aliphatic heterocycles. The van der Waals surface area contributed by atoms with Crippen LogP contribution < -0.4 is 0 Å². The van der Waals surface area contributed by atoms with E-state index >= 15 is 0 Å². The Hall–Kier alpha value is -0.720. The fraction of sp³-hybridized carbons (Fsp3) is 0.636. The lowest BCUT2D eigenvalue weighted by atomic mass is 10.4. The summed E-state index contributed by atoms with van der Waals surface area (Å²) in [7, 11) is 0. The van der Waals surface area contributed by atoms with Crippen LogP contribution in [0.1, 0.15) is 13.8 Å². The van der Waals surface area contributed by atoms with Gasteiger partial charge in [0.2, 0.25) is 0 Å². The van der Waals surface area contributed by atoms with Crippen LogP contribution in [0.25, 0.3) is 0 Å². The van der Waals surface area contributed by atoms with Gasteiger partial charge in [0.15, 0.2) is 0 Å². The van der Waals surface area contributed by atoms with Crippen LogP contribution in [0.15, 0.2) is 25.3 Å². The fourth-order valence-electron chi connectivity index (χ4n) is 0.0577. The molecule has 100 valence electrons. The molecule has 0 fully saturated rings. The molecule has 0 aromatic carbocycles. The number of aliphatic hydroxyl groups excluding tert-OH is 5. The average molecular weight is 238 g/mol. The third-order valence-corrected chi connectivity index (χ3v) is 0.521. The average Bonchev–Trinajstić information content (AvgIpc) is 2.30. The Morgan fingerprint density at radius 3 is 1.06 bits per heavy atom. The highest BCUT2D eigenvalue weighted by Gasteiger charge is 1.93. The second-order valence-electron chi connectivity index (χ2n) is 2.28. The molecule has 0 heterocycles. The maximum Gasteiger partial charge on any atom is 0.100 e. The van der Waals surface area contributed by atoms with Crippen LogP contribution in [-0.2, 0) is 0 Å². The number of hydrogen-bond donors (Lipinski definition) is 5. The molecule has 0 aliphatic carbocycles. The molecule has 0 amide bonds. The smallest absolute Gasteiger partial charge is 0.100 e. The van der Waals surface area contributed by atoms with Gasteiger partial charge in [0.05, 0.1) is 26.4 Å². The van der Waals surface area contributed by atoms with Gasteiger partial charge in [-0.3, -0.25) is 0 Å². The quantitative estimate of drug-likeness (QED) is 0.434. The molecule has 0 atom stereocenters. The lowest BCUT2D eigenvalue weighted by molar-refractivity contribution is 0.0450. The molecule has 0 spiro atoms. The van der Waals surface area contributed by atoms with Gasteiger partial charge in [0.25, 0.3) is 0 Å². The number of hydrogen-bond acceptors (Lipinski definition) is 5. The fourth-order valence-corrected chi connectivity index (χ4v) is 0.0577. The Balaban J connectivity index is -0.0000000635. The van der Waals surface area contributed by atoms with E-state index < -0.39 is 6.10 Å². The largest absolute Gasteiger partial charge is 0.394 e. The molecule has 0 radical (unpaired) electrons. The third-order valence-electron chi connectivity index (χ3n) is 0.521. The predicted molar refractivity (Wildman–Crippen MR) is 66.1 cm³/mol. The highest BCUT2D eigenvalue weighted by molar-refractivity contribution is 4.52. The van der Waals surface area contributed by atoms with E-state index in [2.05, 4.69) is 13.2 Å². The maximum absolute atomic E-state index is 8.17. The molecule has 5 heteroatoms. The van der Waals surface area contributed by atoms with Crippen LogP contribution in [0.4, 0.5) is 0 Å². The first kappa shape index (κ1) is 24.5. The van der Waals surface area contributed by atoms with Crippen LogP contribution in [0.5, 0.6) is 0 Å². The first-order valence-corrected chi connectivity index (χ1v) is 4.81. The molecule has 0 aliphatic rings. The van der Waals surface area contributed by atoms with Crippen molar-refractivity contribution in [2.45, 2.75) is 20.0 Å². The topological polar surface area (TPSA) is 101 Å². The second kappa shape index (κ2) is 36.7. The molecular weight excluding hydrogens is 212 g/mol. The van der Waals surface area contributed by atoms with Crippen LogP contribution in [0.3, 0.4) is 0 Å². The van der Waals surface area contributed by atoms with Gasteiger partial charge in [0, 0.05) is 0 Å². The summed E-state index contributed by atoms with van der Waals surface area (Å²) in [5, 5.41) is 39.3. The van der Waals surface area contributed by atoms with Crippen molar-refractivity contribution in [2.75, 3.05) is 26.4 Å². The summed E-state index contributed by atoms with van der Waals surface area (Å²) in [6, 6.07) is 0. The van der Waals surface area contributed by atoms with Crippen molar-refractivity contribution in [1.29, 1.82) is 0 Å². The Labute approximate surface area is 98.0 Å². The highest BCUT2D eigenvalue weighted by atomic mass is 16.3. The first-order valence-electron chi connectivity index (χ1n) is 4.81. The van der Waals surface area contributed by atoms with E-state index in [0.29, 0.717) is 0 Å². The van der Waals surface area contributed by atoms with E-state index in [1.807, 2.05) is 13.8 Å². The Morgan fingerprint density at radius 2 is 1.06 bits per heavy atom. The summed E-state index contributed by atoms with van der Waals surface area (Å²) in [4.78, 5) is 0. The van der Waals surface area contributed by atoms with Gasteiger partial charge in [-0.2, -0.15) is 0 Å². The standard InChI is InChI=1S/C3H8O3.2C3H6.C2H6O2/c4-1-3(6)2-5;2*1-3-2;3-1-2-4/h3-6H,1-2H2;2*3H,1H2,2H3;3-4H,1-2H2. The number of allylic oxidation sites excluding steroid dienone is 2. The van der Waals surface area contributed by atoms with E-state index in [1.54, 1.807) is 12.2 Å². The van der Waals surface area contributed by atoms with Gasteiger partial charge in [-0.15, -0.1) is 13.2 Å². The summed E-state index contributed by atoms with van der Waals surface area (Å²) in [5.41, 5.74) is 0. The monoisotopic (exact) mass is 238 g/mol. The molecule has 5 N–H and O–H groups in total. The van der Waals surface area contributed by atoms with Gasteiger partial charge in [-0.25, -0.2) is 0 Å². The summed E-state index contributed by atoms with van der Waals surface area (Å²) in [6.07, 6.45) is 2.55. The molecule has 0 saturated carbocycles. The van der Waals surface area contributed by atoms with Crippen molar-refractivity contribution in [3.05, 3.63) is 25.3 Å². The van der Waals surface area contributed by atoms with Crippen molar-refractivity contribution < 1.29 is 25.5 Å². The minimum absolute atomic E-state index is 0.125. The molecule has 0 aromatic rings. The van der Waals surface area contributed by atoms with Crippen LogP contribution in [-0.4, -0.2) is 58.1 Å². The summed E-state index contributed by atoms with van der Waals surface area (Å²) in [5.74, 6) is 0. The molecule has 0 rings (SSSR count). The first-order chi connectivity index (χ1) is 7.55. The lowest BCUT2D eigenvalue weighted by Gasteiger charge is -1.96. The molecule has 0 saturated heterocycles. The van der Waals surface area contributed by atoms with Gasteiger partial charge < -0.3 is 25.5 Å². The van der Waals surface area contributed by atoms with Gasteiger partial charge >= 0.3 is 0 Å². The molecular formula is C11H26O5. The third kappa shape index (κ3) is 109. The van der Waals surface area contributed by atoms with Crippen molar-refractivity contribution in [1.82, 2.24) is 0 Å². The number of rotatable bonds is 3. The van der Waals surface area contributed by atoms with Crippen LogP contribution in [0.2, 0.25) is 0 Å². The minimum Gasteiger partial charge on any atom is -0.394 e. The summed E-state index contributed by atoms with van der Waals surface area (Å²) < 4.78 is 0. The maximum atomic E-state index is 8.17. The molecule has 16 heavy (non-hydrogen) atoms.